The van der Waals surface area contributed by atoms with E-state index in [2.05, 4.69) is 66.8 Å². The molecule has 3 aromatic rings. The molecule has 3 rings (SSSR count). The predicted molar refractivity (Wildman–Crippen MR) is 91.6 cm³/mol. The number of rotatable bonds is 5. The van der Waals surface area contributed by atoms with Crippen LogP contribution in [0, 0.1) is 0 Å². The molecule has 0 aliphatic heterocycles. The van der Waals surface area contributed by atoms with Crippen LogP contribution < -0.4 is 5.32 Å². The van der Waals surface area contributed by atoms with Gasteiger partial charge in [-0.05, 0) is 40.5 Å². The van der Waals surface area contributed by atoms with Gasteiger partial charge in [-0.25, -0.2) is 0 Å². The predicted octanol–water partition coefficient (Wildman–Crippen LogP) is 4.18. The summed E-state index contributed by atoms with van der Waals surface area (Å²) in [4.78, 5) is 0. The molecule has 2 nitrogen and oxygen atoms in total. The van der Waals surface area contributed by atoms with Crippen LogP contribution in [0.1, 0.15) is 29.7 Å². The van der Waals surface area contributed by atoms with Gasteiger partial charge in [0.1, 0.15) is 0 Å². The smallest absolute Gasteiger partial charge is 0.0681 e. The first-order valence-corrected chi connectivity index (χ1v) is 7.67. The lowest BCUT2D eigenvalue weighted by Crippen LogP contribution is -2.18. The Morgan fingerprint density at radius 3 is 2.50 bits per heavy atom. The lowest BCUT2D eigenvalue weighted by atomic mass is 10.0. The van der Waals surface area contributed by atoms with Crippen molar-refractivity contribution in [2.45, 2.75) is 26.1 Å². The second-order valence-electron chi connectivity index (χ2n) is 5.69. The van der Waals surface area contributed by atoms with E-state index in [0.29, 0.717) is 0 Å². The summed E-state index contributed by atoms with van der Waals surface area (Å²) in [6.07, 6.45) is 0. The molecule has 0 aliphatic rings. The highest BCUT2D eigenvalue weighted by Gasteiger charge is 2.06. The van der Waals surface area contributed by atoms with Crippen molar-refractivity contribution < 1.29 is 5.11 Å². The summed E-state index contributed by atoms with van der Waals surface area (Å²) >= 11 is 0. The highest BCUT2D eigenvalue weighted by molar-refractivity contribution is 5.82. The summed E-state index contributed by atoms with van der Waals surface area (Å²) in [7, 11) is 0. The molecule has 0 bridgehead atoms. The Bertz CT molecular complexity index is 766. The van der Waals surface area contributed by atoms with E-state index in [-0.39, 0.29) is 12.6 Å². The standard InChI is InChI=1S/C20H21NO/c1-15(19-8-4-5-17(12-19)14-22)21-13-16-9-10-18-6-2-3-7-20(18)11-16/h2-12,15,21-22H,13-14H2,1H3. The van der Waals surface area contributed by atoms with Crippen LogP contribution in [0.25, 0.3) is 10.8 Å². The Hall–Kier alpha value is -2.16. The van der Waals surface area contributed by atoms with Crippen LogP contribution >= 0.6 is 0 Å². The Morgan fingerprint density at radius 2 is 1.68 bits per heavy atom. The highest BCUT2D eigenvalue weighted by Crippen LogP contribution is 2.18. The van der Waals surface area contributed by atoms with Gasteiger partial charge in [-0.1, -0.05) is 60.7 Å². The quantitative estimate of drug-likeness (QED) is 0.739. The first kappa shape index (κ1) is 14.8. The first-order chi connectivity index (χ1) is 10.8. The summed E-state index contributed by atoms with van der Waals surface area (Å²) in [6.45, 7) is 3.07. The van der Waals surface area contributed by atoms with Gasteiger partial charge in [-0.2, -0.15) is 0 Å². The number of hydrogen-bond acceptors (Lipinski definition) is 2. The van der Waals surface area contributed by atoms with Crippen molar-refractivity contribution in [1.82, 2.24) is 5.32 Å². The molecule has 0 amide bonds. The molecule has 1 unspecified atom stereocenters. The van der Waals surface area contributed by atoms with Crippen molar-refractivity contribution in [2.24, 2.45) is 0 Å². The third kappa shape index (κ3) is 3.35. The SMILES string of the molecule is CC(NCc1ccc2ccccc2c1)c1cccc(CO)c1. The lowest BCUT2D eigenvalue weighted by Gasteiger charge is -2.15. The average molecular weight is 291 g/mol. The molecule has 2 N–H and O–H groups in total. The summed E-state index contributed by atoms with van der Waals surface area (Å²) < 4.78 is 0. The van der Waals surface area contributed by atoms with Gasteiger partial charge in [0.05, 0.1) is 6.61 Å². The minimum absolute atomic E-state index is 0.0885. The van der Waals surface area contributed by atoms with Gasteiger partial charge in [-0.3, -0.25) is 0 Å². The number of aliphatic hydroxyl groups is 1. The molecule has 0 saturated carbocycles. The number of fused-ring (bicyclic) bond motifs is 1. The maximum absolute atomic E-state index is 9.23. The molecule has 0 aliphatic carbocycles. The molecule has 2 heteroatoms. The monoisotopic (exact) mass is 291 g/mol. The zero-order chi connectivity index (χ0) is 15.4. The molecule has 112 valence electrons. The fourth-order valence-electron chi connectivity index (χ4n) is 2.70. The zero-order valence-electron chi connectivity index (χ0n) is 12.8. The fourth-order valence-corrected chi connectivity index (χ4v) is 2.70. The van der Waals surface area contributed by atoms with E-state index in [4.69, 9.17) is 0 Å². The molecule has 0 spiro atoms. The van der Waals surface area contributed by atoms with E-state index in [1.807, 2.05) is 12.1 Å². The summed E-state index contributed by atoms with van der Waals surface area (Å²) in [5.41, 5.74) is 3.44. The van der Waals surface area contributed by atoms with Crippen molar-refractivity contribution >= 4 is 10.8 Å². The Balaban J connectivity index is 1.70. The first-order valence-electron chi connectivity index (χ1n) is 7.67. The van der Waals surface area contributed by atoms with Crippen molar-refractivity contribution in [2.75, 3.05) is 0 Å². The molecule has 3 aromatic carbocycles. The van der Waals surface area contributed by atoms with Gasteiger partial charge in [0, 0.05) is 12.6 Å². The fraction of sp³-hybridized carbons (Fsp3) is 0.200. The van der Waals surface area contributed by atoms with Crippen molar-refractivity contribution in [3.8, 4) is 0 Å². The summed E-state index contributed by atoms with van der Waals surface area (Å²) in [5.74, 6) is 0. The van der Waals surface area contributed by atoms with Crippen LogP contribution in [0.15, 0.2) is 66.7 Å². The van der Waals surface area contributed by atoms with Gasteiger partial charge in [0.2, 0.25) is 0 Å². The molecule has 0 heterocycles. The van der Waals surface area contributed by atoms with Gasteiger partial charge in [0.25, 0.3) is 0 Å². The summed E-state index contributed by atoms with van der Waals surface area (Å²) in [6, 6.07) is 23.3. The zero-order valence-corrected chi connectivity index (χ0v) is 12.8. The van der Waals surface area contributed by atoms with Crippen LogP contribution in [0.3, 0.4) is 0 Å². The molecule has 0 saturated heterocycles. The molecule has 0 fully saturated rings. The maximum atomic E-state index is 9.23. The van der Waals surface area contributed by atoms with Gasteiger partial charge >= 0.3 is 0 Å². The maximum Gasteiger partial charge on any atom is 0.0681 e. The topological polar surface area (TPSA) is 32.3 Å². The van der Waals surface area contributed by atoms with Crippen LogP contribution in [0.5, 0.6) is 0 Å². The van der Waals surface area contributed by atoms with Gasteiger partial charge in [0.15, 0.2) is 0 Å². The van der Waals surface area contributed by atoms with Gasteiger partial charge in [-0.15, -0.1) is 0 Å². The molecule has 1 atom stereocenters. The number of benzene rings is 3. The van der Waals surface area contributed by atoms with E-state index in [1.165, 1.54) is 21.9 Å². The van der Waals surface area contributed by atoms with E-state index in [1.54, 1.807) is 0 Å². The van der Waals surface area contributed by atoms with E-state index >= 15 is 0 Å². The highest BCUT2D eigenvalue weighted by atomic mass is 16.3. The van der Waals surface area contributed by atoms with E-state index in [0.717, 1.165) is 12.1 Å². The second-order valence-corrected chi connectivity index (χ2v) is 5.69. The Morgan fingerprint density at radius 1 is 0.864 bits per heavy atom. The molecular formula is C20H21NO. The minimum Gasteiger partial charge on any atom is -0.392 e. The Kier molecular flexibility index (Phi) is 4.52. The van der Waals surface area contributed by atoms with E-state index in [9.17, 15) is 5.11 Å². The number of nitrogens with one attached hydrogen (secondary N) is 1. The second kappa shape index (κ2) is 6.73. The number of hydrogen-bond donors (Lipinski definition) is 2. The number of aliphatic hydroxyl groups excluding tert-OH is 1. The van der Waals surface area contributed by atoms with Crippen LogP contribution in [0.4, 0.5) is 0 Å². The molecule has 22 heavy (non-hydrogen) atoms. The minimum atomic E-state index is 0.0885. The third-order valence-corrected chi connectivity index (χ3v) is 4.06. The molecule has 0 aromatic heterocycles. The van der Waals surface area contributed by atoms with Crippen LogP contribution in [-0.4, -0.2) is 5.11 Å². The van der Waals surface area contributed by atoms with Gasteiger partial charge < -0.3 is 10.4 Å². The van der Waals surface area contributed by atoms with Crippen molar-refractivity contribution in [3.63, 3.8) is 0 Å². The summed E-state index contributed by atoms with van der Waals surface area (Å²) in [5, 5.41) is 15.3. The third-order valence-electron chi connectivity index (χ3n) is 4.06. The molecular weight excluding hydrogens is 270 g/mol. The largest absolute Gasteiger partial charge is 0.392 e. The van der Waals surface area contributed by atoms with Crippen molar-refractivity contribution in [3.05, 3.63) is 83.4 Å². The van der Waals surface area contributed by atoms with E-state index < -0.39 is 0 Å². The lowest BCUT2D eigenvalue weighted by molar-refractivity contribution is 0.281. The Labute approximate surface area is 131 Å². The van der Waals surface area contributed by atoms with Crippen LogP contribution in [0.2, 0.25) is 0 Å². The normalized spacial score (nSPS) is 12.5. The average Bonchev–Trinajstić information content (AvgIpc) is 2.59. The van der Waals surface area contributed by atoms with Crippen LogP contribution in [-0.2, 0) is 13.2 Å². The molecule has 0 radical (unpaired) electrons. The van der Waals surface area contributed by atoms with Crippen molar-refractivity contribution in [1.29, 1.82) is 0 Å².